The Labute approximate surface area is 95.8 Å². The van der Waals surface area contributed by atoms with Crippen molar-refractivity contribution in [2.75, 3.05) is 19.8 Å². The molecule has 1 heterocycles. The molecule has 0 saturated heterocycles. The monoisotopic (exact) mass is 217 g/mol. The molecule has 1 aliphatic rings. The van der Waals surface area contributed by atoms with Crippen molar-refractivity contribution in [3.05, 3.63) is 23.8 Å². The van der Waals surface area contributed by atoms with Gasteiger partial charge in [-0.3, -0.25) is 0 Å². The highest BCUT2D eigenvalue weighted by Crippen LogP contribution is 2.30. The highest BCUT2D eigenvalue weighted by molar-refractivity contribution is 5.43. The molecular weight excluding hydrogens is 202 g/mol. The van der Waals surface area contributed by atoms with E-state index in [-0.39, 0.29) is 0 Å². The van der Waals surface area contributed by atoms with E-state index in [4.69, 9.17) is 15.9 Å². The SMILES string of the molecule is C#CCCNCc1ccc2c(c1)OCCO2. The van der Waals surface area contributed by atoms with Crippen LogP contribution in [0.2, 0.25) is 0 Å². The number of terminal acetylenes is 1. The average molecular weight is 217 g/mol. The maximum atomic E-state index is 5.51. The largest absolute Gasteiger partial charge is 0.486 e. The van der Waals surface area contributed by atoms with Crippen molar-refractivity contribution in [3.8, 4) is 23.8 Å². The first-order valence-electron chi connectivity index (χ1n) is 5.43. The number of hydrogen-bond acceptors (Lipinski definition) is 3. The Bertz CT molecular complexity index is 395. The van der Waals surface area contributed by atoms with Crippen molar-refractivity contribution >= 4 is 0 Å². The summed E-state index contributed by atoms with van der Waals surface area (Å²) < 4.78 is 11.0. The number of benzene rings is 1. The van der Waals surface area contributed by atoms with E-state index in [0.717, 1.165) is 31.0 Å². The van der Waals surface area contributed by atoms with Gasteiger partial charge in [0.05, 0.1) is 0 Å². The third kappa shape index (κ3) is 2.68. The van der Waals surface area contributed by atoms with Gasteiger partial charge < -0.3 is 14.8 Å². The second-order valence-electron chi connectivity index (χ2n) is 3.61. The molecular formula is C13H15NO2. The minimum Gasteiger partial charge on any atom is -0.486 e. The van der Waals surface area contributed by atoms with Crippen molar-refractivity contribution in [2.24, 2.45) is 0 Å². The van der Waals surface area contributed by atoms with E-state index in [9.17, 15) is 0 Å². The topological polar surface area (TPSA) is 30.5 Å². The molecule has 16 heavy (non-hydrogen) atoms. The Hall–Kier alpha value is -1.66. The van der Waals surface area contributed by atoms with Gasteiger partial charge in [0, 0.05) is 19.5 Å². The molecule has 0 spiro atoms. The highest BCUT2D eigenvalue weighted by atomic mass is 16.6. The predicted molar refractivity (Wildman–Crippen MR) is 62.6 cm³/mol. The van der Waals surface area contributed by atoms with Crippen LogP contribution < -0.4 is 14.8 Å². The summed E-state index contributed by atoms with van der Waals surface area (Å²) in [5, 5.41) is 3.27. The van der Waals surface area contributed by atoms with E-state index in [1.807, 2.05) is 18.2 Å². The first-order chi connectivity index (χ1) is 7.90. The van der Waals surface area contributed by atoms with Crippen LogP contribution >= 0.6 is 0 Å². The second-order valence-corrected chi connectivity index (χ2v) is 3.61. The van der Waals surface area contributed by atoms with E-state index in [2.05, 4.69) is 11.2 Å². The molecule has 1 aromatic carbocycles. The number of rotatable bonds is 4. The van der Waals surface area contributed by atoms with Gasteiger partial charge in [-0.2, -0.15) is 0 Å². The Morgan fingerprint density at radius 3 is 2.88 bits per heavy atom. The van der Waals surface area contributed by atoms with Crippen LogP contribution in [0.1, 0.15) is 12.0 Å². The Balaban J connectivity index is 1.93. The van der Waals surface area contributed by atoms with Crippen LogP contribution in [-0.2, 0) is 6.54 Å². The molecule has 2 rings (SSSR count). The van der Waals surface area contributed by atoms with Crippen LogP contribution in [0.25, 0.3) is 0 Å². The molecule has 0 bridgehead atoms. The fourth-order valence-electron chi connectivity index (χ4n) is 1.59. The Morgan fingerprint density at radius 2 is 2.06 bits per heavy atom. The molecule has 0 aromatic heterocycles. The van der Waals surface area contributed by atoms with Gasteiger partial charge in [-0.15, -0.1) is 12.3 Å². The zero-order valence-corrected chi connectivity index (χ0v) is 9.16. The van der Waals surface area contributed by atoms with E-state index in [0.29, 0.717) is 13.2 Å². The summed E-state index contributed by atoms with van der Waals surface area (Å²) in [6, 6.07) is 6.00. The first kappa shape index (κ1) is 10.8. The van der Waals surface area contributed by atoms with Gasteiger partial charge in [-0.25, -0.2) is 0 Å². The van der Waals surface area contributed by atoms with Crippen LogP contribution in [0, 0.1) is 12.3 Å². The van der Waals surface area contributed by atoms with E-state index < -0.39 is 0 Å². The second kappa shape index (κ2) is 5.43. The van der Waals surface area contributed by atoms with Gasteiger partial charge in [0.1, 0.15) is 13.2 Å². The summed E-state index contributed by atoms with van der Waals surface area (Å²) in [7, 11) is 0. The highest BCUT2D eigenvalue weighted by Gasteiger charge is 2.11. The lowest BCUT2D eigenvalue weighted by atomic mass is 10.2. The first-order valence-corrected chi connectivity index (χ1v) is 5.43. The smallest absolute Gasteiger partial charge is 0.161 e. The molecule has 1 aliphatic heterocycles. The Kier molecular flexibility index (Phi) is 3.68. The zero-order valence-electron chi connectivity index (χ0n) is 9.16. The van der Waals surface area contributed by atoms with Gasteiger partial charge in [0.15, 0.2) is 11.5 Å². The van der Waals surface area contributed by atoms with Crippen molar-refractivity contribution in [1.82, 2.24) is 5.32 Å². The molecule has 3 heteroatoms. The van der Waals surface area contributed by atoms with Crippen molar-refractivity contribution in [3.63, 3.8) is 0 Å². The lowest BCUT2D eigenvalue weighted by Gasteiger charge is -2.18. The number of ether oxygens (including phenoxy) is 2. The van der Waals surface area contributed by atoms with Crippen LogP contribution in [0.5, 0.6) is 11.5 Å². The fraction of sp³-hybridized carbons (Fsp3) is 0.385. The summed E-state index contributed by atoms with van der Waals surface area (Å²) in [4.78, 5) is 0. The molecule has 0 fully saturated rings. The minimum atomic E-state index is 0.626. The minimum absolute atomic E-state index is 0.626. The van der Waals surface area contributed by atoms with Crippen molar-refractivity contribution in [2.45, 2.75) is 13.0 Å². The number of fused-ring (bicyclic) bond motifs is 1. The summed E-state index contributed by atoms with van der Waals surface area (Å²) in [6.07, 6.45) is 5.93. The van der Waals surface area contributed by atoms with E-state index in [1.54, 1.807) is 0 Å². The maximum Gasteiger partial charge on any atom is 0.161 e. The summed E-state index contributed by atoms with van der Waals surface area (Å²) in [5.41, 5.74) is 1.18. The molecule has 1 aromatic rings. The predicted octanol–water partition coefficient (Wildman–Crippen LogP) is 1.57. The van der Waals surface area contributed by atoms with Crippen LogP contribution in [0.3, 0.4) is 0 Å². The molecule has 1 N–H and O–H groups in total. The molecule has 0 aliphatic carbocycles. The molecule has 0 saturated carbocycles. The van der Waals surface area contributed by atoms with Crippen molar-refractivity contribution in [1.29, 1.82) is 0 Å². The summed E-state index contributed by atoms with van der Waals surface area (Å²) in [5.74, 6) is 4.26. The molecule has 3 nitrogen and oxygen atoms in total. The molecule has 0 atom stereocenters. The zero-order chi connectivity index (χ0) is 11.2. The number of hydrogen-bond donors (Lipinski definition) is 1. The van der Waals surface area contributed by atoms with E-state index in [1.165, 1.54) is 5.56 Å². The molecule has 0 radical (unpaired) electrons. The lowest BCUT2D eigenvalue weighted by molar-refractivity contribution is 0.171. The molecule has 0 amide bonds. The quantitative estimate of drug-likeness (QED) is 0.613. The Morgan fingerprint density at radius 1 is 1.25 bits per heavy atom. The standard InChI is InChI=1S/C13H15NO2/c1-2-3-6-14-10-11-4-5-12-13(9-11)16-8-7-15-12/h1,4-5,9,14H,3,6-8,10H2. The normalized spacial score (nSPS) is 13.2. The van der Waals surface area contributed by atoms with Crippen LogP contribution in [-0.4, -0.2) is 19.8 Å². The van der Waals surface area contributed by atoms with Crippen molar-refractivity contribution < 1.29 is 9.47 Å². The fourth-order valence-corrected chi connectivity index (χ4v) is 1.59. The molecule has 84 valence electrons. The third-order valence-electron chi connectivity index (χ3n) is 2.38. The van der Waals surface area contributed by atoms with Gasteiger partial charge in [-0.1, -0.05) is 6.07 Å². The summed E-state index contributed by atoms with van der Waals surface area (Å²) >= 11 is 0. The third-order valence-corrected chi connectivity index (χ3v) is 2.38. The van der Waals surface area contributed by atoms with Gasteiger partial charge in [0.2, 0.25) is 0 Å². The number of nitrogens with one attached hydrogen (secondary N) is 1. The van der Waals surface area contributed by atoms with Gasteiger partial charge in [0.25, 0.3) is 0 Å². The molecule has 0 unspecified atom stereocenters. The summed E-state index contributed by atoms with van der Waals surface area (Å²) in [6.45, 7) is 2.90. The maximum absolute atomic E-state index is 5.51. The van der Waals surface area contributed by atoms with Crippen LogP contribution in [0.15, 0.2) is 18.2 Å². The lowest BCUT2D eigenvalue weighted by Crippen LogP contribution is -2.17. The van der Waals surface area contributed by atoms with Gasteiger partial charge >= 0.3 is 0 Å². The van der Waals surface area contributed by atoms with E-state index >= 15 is 0 Å². The van der Waals surface area contributed by atoms with Gasteiger partial charge in [-0.05, 0) is 17.7 Å². The average Bonchev–Trinajstić information content (AvgIpc) is 2.34. The van der Waals surface area contributed by atoms with Crippen LogP contribution in [0.4, 0.5) is 0 Å².